The number of benzene rings is 2. The Kier molecular flexibility index (Phi) is 6.86. The Balaban J connectivity index is 2.05. The van der Waals surface area contributed by atoms with Crippen LogP contribution in [0, 0.1) is 0 Å². The SMILES string of the molecule is COc1cc(C(=O)OCC(=O)N(C)C)ccc1OCc1ccccc1Cl. The highest BCUT2D eigenvalue weighted by molar-refractivity contribution is 6.31. The summed E-state index contributed by atoms with van der Waals surface area (Å²) in [6.07, 6.45) is 0. The lowest BCUT2D eigenvalue weighted by atomic mass is 10.2. The van der Waals surface area contributed by atoms with Crippen molar-refractivity contribution in [1.82, 2.24) is 4.90 Å². The lowest BCUT2D eigenvalue weighted by Gasteiger charge is -2.13. The molecule has 0 saturated heterocycles. The molecule has 6 nitrogen and oxygen atoms in total. The van der Waals surface area contributed by atoms with Crippen molar-refractivity contribution >= 4 is 23.5 Å². The van der Waals surface area contributed by atoms with Crippen molar-refractivity contribution in [3.05, 3.63) is 58.6 Å². The fraction of sp³-hybridized carbons (Fsp3) is 0.263. The topological polar surface area (TPSA) is 65.1 Å². The van der Waals surface area contributed by atoms with Crippen LogP contribution in [0.4, 0.5) is 0 Å². The van der Waals surface area contributed by atoms with E-state index in [4.69, 9.17) is 25.8 Å². The van der Waals surface area contributed by atoms with Crippen molar-refractivity contribution in [3.63, 3.8) is 0 Å². The monoisotopic (exact) mass is 377 g/mol. The molecule has 0 spiro atoms. The highest BCUT2D eigenvalue weighted by Gasteiger charge is 2.15. The zero-order valence-electron chi connectivity index (χ0n) is 14.8. The van der Waals surface area contributed by atoms with Crippen molar-refractivity contribution < 1.29 is 23.8 Å². The van der Waals surface area contributed by atoms with E-state index in [1.54, 1.807) is 32.3 Å². The molecule has 7 heteroatoms. The van der Waals surface area contributed by atoms with Crippen molar-refractivity contribution in [3.8, 4) is 11.5 Å². The van der Waals surface area contributed by atoms with Gasteiger partial charge in [0.15, 0.2) is 18.1 Å². The Bertz CT molecular complexity index is 791. The largest absolute Gasteiger partial charge is 0.493 e. The van der Waals surface area contributed by atoms with Gasteiger partial charge >= 0.3 is 5.97 Å². The van der Waals surface area contributed by atoms with E-state index in [9.17, 15) is 9.59 Å². The van der Waals surface area contributed by atoms with Gasteiger partial charge in [0.2, 0.25) is 0 Å². The molecule has 0 radical (unpaired) electrons. The quantitative estimate of drug-likeness (QED) is 0.693. The standard InChI is InChI=1S/C19H20ClNO5/c1-21(2)18(22)12-26-19(23)13-8-9-16(17(10-13)24-3)25-11-14-6-4-5-7-15(14)20/h4-10H,11-12H2,1-3H3. The predicted molar refractivity (Wildman–Crippen MR) is 97.8 cm³/mol. The number of likely N-dealkylation sites (N-methyl/N-ethyl adjacent to an activating group) is 1. The molecule has 0 aliphatic rings. The average molecular weight is 378 g/mol. The molecule has 138 valence electrons. The van der Waals surface area contributed by atoms with Crippen molar-refractivity contribution in [2.75, 3.05) is 27.8 Å². The van der Waals surface area contributed by atoms with Crippen molar-refractivity contribution in [2.45, 2.75) is 6.61 Å². The van der Waals surface area contributed by atoms with Crippen LogP contribution in [0.1, 0.15) is 15.9 Å². The van der Waals surface area contributed by atoms with Gasteiger partial charge in [0, 0.05) is 24.7 Å². The summed E-state index contributed by atoms with van der Waals surface area (Å²) >= 11 is 6.11. The molecule has 0 saturated carbocycles. The first-order valence-electron chi connectivity index (χ1n) is 7.84. The maximum atomic E-state index is 12.1. The van der Waals surface area contributed by atoms with Gasteiger partial charge in [0.05, 0.1) is 12.7 Å². The maximum absolute atomic E-state index is 12.1. The molecular formula is C19H20ClNO5. The molecule has 2 aromatic carbocycles. The fourth-order valence-corrected chi connectivity index (χ4v) is 2.21. The summed E-state index contributed by atoms with van der Waals surface area (Å²) in [6, 6.07) is 12.0. The van der Waals surface area contributed by atoms with Crippen LogP contribution in [0.25, 0.3) is 0 Å². The molecule has 0 fully saturated rings. The molecule has 0 unspecified atom stereocenters. The Morgan fingerprint density at radius 3 is 2.46 bits per heavy atom. The minimum absolute atomic E-state index is 0.261. The molecular weight excluding hydrogens is 358 g/mol. The number of rotatable bonds is 7. The maximum Gasteiger partial charge on any atom is 0.338 e. The zero-order valence-corrected chi connectivity index (χ0v) is 15.6. The zero-order chi connectivity index (χ0) is 19.1. The van der Waals surface area contributed by atoms with Gasteiger partial charge in [-0.25, -0.2) is 4.79 Å². The number of halogens is 1. The van der Waals surface area contributed by atoms with E-state index in [2.05, 4.69) is 0 Å². The number of hydrogen-bond acceptors (Lipinski definition) is 5. The van der Waals surface area contributed by atoms with E-state index >= 15 is 0 Å². The molecule has 0 aromatic heterocycles. The Morgan fingerprint density at radius 1 is 1.08 bits per heavy atom. The van der Waals surface area contributed by atoms with E-state index in [1.165, 1.54) is 18.1 Å². The Labute approximate surface area is 157 Å². The molecule has 0 N–H and O–H groups in total. The number of carbonyl (C=O) groups excluding carboxylic acids is 2. The molecule has 1 amide bonds. The van der Waals surface area contributed by atoms with Crippen molar-refractivity contribution in [2.24, 2.45) is 0 Å². The van der Waals surface area contributed by atoms with E-state index in [1.807, 2.05) is 18.2 Å². The van der Waals surface area contributed by atoms with E-state index in [0.29, 0.717) is 16.5 Å². The summed E-state index contributed by atoms with van der Waals surface area (Å²) in [7, 11) is 4.65. The van der Waals surface area contributed by atoms with Crippen LogP contribution < -0.4 is 9.47 Å². The number of esters is 1. The van der Waals surface area contributed by atoms with Gasteiger partial charge in [-0.3, -0.25) is 4.79 Å². The van der Waals surface area contributed by atoms with Gasteiger partial charge in [-0.05, 0) is 24.3 Å². The Hall–Kier alpha value is -2.73. The summed E-state index contributed by atoms with van der Waals surface area (Å²) in [4.78, 5) is 24.9. The highest BCUT2D eigenvalue weighted by atomic mass is 35.5. The minimum Gasteiger partial charge on any atom is -0.493 e. The molecule has 0 aliphatic heterocycles. The van der Waals surface area contributed by atoms with Crippen LogP contribution >= 0.6 is 11.6 Å². The molecule has 0 heterocycles. The minimum atomic E-state index is -0.615. The lowest BCUT2D eigenvalue weighted by Crippen LogP contribution is -2.27. The van der Waals surface area contributed by atoms with Gasteiger partial charge in [-0.2, -0.15) is 0 Å². The van der Waals surface area contributed by atoms with Crippen LogP contribution in [0.3, 0.4) is 0 Å². The van der Waals surface area contributed by atoms with Gasteiger partial charge < -0.3 is 19.1 Å². The average Bonchev–Trinajstić information content (AvgIpc) is 2.64. The van der Waals surface area contributed by atoms with Crippen LogP contribution in [0.5, 0.6) is 11.5 Å². The second-order valence-electron chi connectivity index (χ2n) is 5.61. The predicted octanol–water partition coefficient (Wildman–Crippen LogP) is 3.17. The summed E-state index contributed by atoms with van der Waals surface area (Å²) in [5.41, 5.74) is 1.10. The van der Waals surface area contributed by atoms with Crippen LogP contribution in [0.2, 0.25) is 5.02 Å². The van der Waals surface area contributed by atoms with E-state index in [0.717, 1.165) is 5.56 Å². The second kappa shape index (κ2) is 9.10. The van der Waals surface area contributed by atoms with E-state index in [-0.39, 0.29) is 24.7 Å². The van der Waals surface area contributed by atoms with Gasteiger partial charge in [-0.15, -0.1) is 0 Å². The number of amides is 1. The highest BCUT2D eigenvalue weighted by Crippen LogP contribution is 2.29. The third-order valence-electron chi connectivity index (χ3n) is 3.57. The summed E-state index contributed by atoms with van der Waals surface area (Å²) in [5, 5.41) is 0.609. The number of carbonyl (C=O) groups is 2. The van der Waals surface area contributed by atoms with Gasteiger partial charge in [0.1, 0.15) is 6.61 Å². The van der Waals surface area contributed by atoms with Crippen molar-refractivity contribution in [1.29, 1.82) is 0 Å². The second-order valence-corrected chi connectivity index (χ2v) is 6.02. The molecule has 0 atom stereocenters. The molecule has 2 aromatic rings. The third-order valence-corrected chi connectivity index (χ3v) is 3.93. The smallest absolute Gasteiger partial charge is 0.338 e. The summed E-state index contributed by atoms with van der Waals surface area (Å²) in [5.74, 6) is -0.0695. The third kappa shape index (κ3) is 5.13. The first-order chi connectivity index (χ1) is 12.4. The number of nitrogens with zero attached hydrogens (tertiary/aromatic N) is 1. The first kappa shape index (κ1) is 19.6. The molecule has 0 bridgehead atoms. The summed E-state index contributed by atoms with van der Waals surface area (Å²) in [6.45, 7) is -0.0595. The number of ether oxygens (including phenoxy) is 3. The van der Waals surface area contributed by atoms with Crippen LogP contribution in [-0.4, -0.2) is 44.6 Å². The Morgan fingerprint density at radius 2 is 1.81 bits per heavy atom. The van der Waals surface area contributed by atoms with Gasteiger partial charge in [0.25, 0.3) is 5.91 Å². The number of hydrogen-bond donors (Lipinski definition) is 0. The molecule has 26 heavy (non-hydrogen) atoms. The fourth-order valence-electron chi connectivity index (χ4n) is 2.02. The van der Waals surface area contributed by atoms with E-state index < -0.39 is 5.97 Å². The van der Waals surface area contributed by atoms with Crippen LogP contribution in [-0.2, 0) is 16.1 Å². The summed E-state index contributed by atoms with van der Waals surface area (Å²) < 4.78 is 16.0. The number of methoxy groups -OCH3 is 1. The van der Waals surface area contributed by atoms with Crippen LogP contribution in [0.15, 0.2) is 42.5 Å². The lowest BCUT2D eigenvalue weighted by molar-refractivity contribution is -0.131. The molecule has 0 aliphatic carbocycles. The first-order valence-corrected chi connectivity index (χ1v) is 8.21. The van der Waals surface area contributed by atoms with Gasteiger partial charge in [-0.1, -0.05) is 29.8 Å². The molecule has 2 rings (SSSR count). The normalized spacial score (nSPS) is 10.2.